The maximum absolute atomic E-state index is 13.1. The lowest BCUT2D eigenvalue weighted by Gasteiger charge is -2.43. The lowest BCUT2D eigenvalue weighted by molar-refractivity contribution is -0.163. The number of carbonyl (C=O) groups excluding carboxylic acids is 1. The average Bonchev–Trinajstić information content (AvgIpc) is 3.46. The molecule has 0 spiro atoms. The quantitative estimate of drug-likeness (QED) is 0.844. The number of likely N-dealkylation sites (tertiary alicyclic amines) is 1. The molecule has 1 aliphatic carbocycles. The fourth-order valence-corrected chi connectivity index (χ4v) is 4.00. The molecular formula is C19H23NO6. The summed E-state index contributed by atoms with van der Waals surface area (Å²) in [6, 6.07) is 5.15. The number of fused-ring (bicyclic) bond motifs is 1. The summed E-state index contributed by atoms with van der Waals surface area (Å²) in [7, 11) is 0. The first kappa shape index (κ1) is 17.1. The predicted molar refractivity (Wildman–Crippen MR) is 91.4 cm³/mol. The van der Waals surface area contributed by atoms with Gasteiger partial charge in [0.05, 0.1) is 11.7 Å². The summed E-state index contributed by atoms with van der Waals surface area (Å²) in [4.78, 5) is 26.7. The van der Waals surface area contributed by atoms with Crippen LogP contribution in [0.15, 0.2) is 18.2 Å². The first-order chi connectivity index (χ1) is 12.5. The molecule has 7 nitrogen and oxygen atoms in total. The standard InChI is InChI=1S/C19H23NO6/c21-15-6-7-20(11-19(15,18(23)24)10-12-4-5-12)17(22)13-2-1-3-14-16(13)26-9-8-25-14/h1-3,12,15,21H,4-11H2,(H,23,24)/t15-,19+/m1/s1. The van der Waals surface area contributed by atoms with Gasteiger partial charge in [-0.05, 0) is 30.9 Å². The van der Waals surface area contributed by atoms with E-state index in [9.17, 15) is 19.8 Å². The Balaban J connectivity index is 1.61. The molecule has 2 N–H and O–H groups in total. The normalized spacial score (nSPS) is 27.9. The molecule has 1 saturated carbocycles. The number of rotatable bonds is 4. The molecule has 1 saturated heterocycles. The molecule has 2 fully saturated rings. The molecule has 3 aliphatic rings. The highest BCUT2D eigenvalue weighted by Gasteiger charge is 2.52. The average molecular weight is 361 g/mol. The van der Waals surface area contributed by atoms with E-state index in [2.05, 4.69) is 0 Å². The number of para-hydroxylation sites is 1. The summed E-state index contributed by atoms with van der Waals surface area (Å²) >= 11 is 0. The number of amides is 1. The van der Waals surface area contributed by atoms with Crippen molar-refractivity contribution in [3.63, 3.8) is 0 Å². The van der Waals surface area contributed by atoms with Crippen molar-refractivity contribution in [1.82, 2.24) is 4.90 Å². The number of aliphatic hydroxyl groups is 1. The van der Waals surface area contributed by atoms with Gasteiger partial charge in [0.2, 0.25) is 0 Å². The van der Waals surface area contributed by atoms with Crippen LogP contribution in [-0.4, -0.2) is 59.4 Å². The van der Waals surface area contributed by atoms with Crippen LogP contribution < -0.4 is 9.47 Å². The zero-order valence-corrected chi connectivity index (χ0v) is 14.5. The smallest absolute Gasteiger partial charge is 0.314 e. The number of aliphatic carboxylic acids is 1. The van der Waals surface area contributed by atoms with E-state index in [1.807, 2.05) is 0 Å². The third-order valence-electron chi connectivity index (χ3n) is 5.64. The third-order valence-corrected chi connectivity index (χ3v) is 5.64. The van der Waals surface area contributed by atoms with Crippen LogP contribution in [0, 0.1) is 11.3 Å². The molecule has 26 heavy (non-hydrogen) atoms. The lowest BCUT2D eigenvalue weighted by Crippen LogP contribution is -2.57. The topological polar surface area (TPSA) is 96.3 Å². The van der Waals surface area contributed by atoms with Gasteiger partial charge < -0.3 is 24.6 Å². The molecule has 1 amide bonds. The Bertz CT molecular complexity index is 731. The number of carboxylic acid groups (broad SMARTS) is 1. The number of nitrogens with zero attached hydrogens (tertiary/aromatic N) is 1. The number of carbonyl (C=O) groups is 2. The van der Waals surface area contributed by atoms with Gasteiger partial charge in [-0.2, -0.15) is 0 Å². The van der Waals surface area contributed by atoms with E-state index in [1.54, 1.807) is 18.2 Å². The number of hydrogen-bond acceptors (Lipinski definition) is 5. The van der Waals surface area contributed by atoms with Crippen molar-refractivity contribution >= 4 is 11.9 Å². The van der Waals surface area contributed by atoms with Crippen molar-refractivity contribution in [3.8, 4) is 11.5 Å². The van der Waals surface area contributed by atoms with Crippen molar-refractivity contribution in [1.29, 1.82) is 0 Å². The Morgan fingerprint density at radius 1 is 1.19 bits per heavy atom. The Hall–Kier alpha value is -2.28. The molecule has 0 aromatic heterocycles. The zero-order valence-electron chi connectivity index (χ0n) is 14.5. The van der Waals surface area contributed by atoms with Crippen LogP contribution in [0.1, 0.15) is 36.0 Å². The molecule has 2 atom stereocenters. The highest BCUT2D eigenvalue weighted by atomic mass is 16.6. The predicted octanol–water partition coefficient (Wildman–Crippen LogP) is 1.54. The molecule has 0 bridgehead atoms. The first-order valence-corrected chi connectivity index (χ1v) is 9.10. The van der Waals surface area contributed by atoms with Gasteiger partial charge in [0.1, 0.15) is 18.6 Å². The van der Waals surface area contributed by atoms with Crippen molar-refractivity contribution in [3.05, 3.63) is 23.8 Å². The fraction of sp³-hybridized carbons (Fsp3) is 0.579. The van der Waals surface area contributed by atoms with Crippen molar-refractivity contribution in [2.24, 2.45) is 11.3 Å². The van der Waals surface area contributed by atoms with Gasteiger partial charge >= 0.3 is 5.97 Å². The lowest BCUT2D eigenvalue weighted by atomic mass is 9.73. The van der Waals surface area contributed by atoms with E-state index in [0.717, 1.165) is 12.8 Å². The Morgan fingerprint density at radius 3 is 2.69 bits per heavy atom. The van der Waals surface area contributed by atoms with Crippen LogP contribution >= 0.6 is 0 Å². The van der Waals surface area contributed by atoms with E-state index >= 15 is 0 Å². The van der Waals surface area contributed by atoms with Gasteiger partial charge in [-0.3, -0.25) is 9.59 Å². The maximum atomic E-state index is 13.1. The molecule has 2 aliphatic heterocycles. The minimum Gasteiger partial charge on any atom is -0.486 e. The number of ether oxygens (including phenoxy) is 2. The SMILES string of the molecule is O=C(c1cccc2c1OCCO2)N1CC[C@@H](O)[C@@](CC2CC2)(C(=O)O)C1. The second kappa shape index (κ2) is 6.46. The second-order valence-corrected chi connectivity index (χ2v) is 7.47. The number of piperidine rings is 1. The molecule has 0 radical (unpaired) electrons. The van der Waals surface area contributed by atoms with Crippen molar-refractivity contribution < 1.29 is 29.3 Å². The molecule has 1 aromatic rings. The highest BCUT2D eigenvalue weighted by Crippen LogP contribution is 2.45. The molecule has 4 rings (SSSR count). The second-order valence-electron chi connectivity index (χ2n) is 7.47. The molecule has 0 unspecified atom stereocenters. The number of hydrogen-bond donors (Lipinski definition) is 2. The zero-order chi connectivity index (χ0) is 18.3. The monoisotopic (exact) mass is 361 g/mol. The van der Waals surface area contributed by atoms with Gasteiger partial charge in [0.25, 0.3) is 5.91 Å². The molecule has 7 heteroatoms. The van der Waals surface area contributed by atoms with Crippen LogP contribution in [0.3, 0.4) is 0 Å². The van der Waals surface area contributed by atoms with E-state index < -0.39 is 17.5 Å². The summed E-state index contributed by atoms with van der Waals surface area (Å²) in [5, 5.41) is 20.3. The first-order valence-electron chi connectivity index (χ1n) is 9.10. The van der Waals surface area contributed by atoms with Gasteiger partial charge in [0, 0.05) is 13.1 Å². The van der Waals surface area contributed by atoms with Crippen molar-refractivity contribution in [2.75, 3.05) is 26.3 Å². The van der Waals surface area contributed by atoms with Gasteiger partial charge in [-0.25, -0.2) is 0 Å². The fourth-order valence-electron chi connectivity index (χ4n) is 4.00. The molecule has 140 valence electrons. The minimum absolute atomic E-state index is 0.0172. The van der Waals surface area contributed by atoms with E-state index in [0.29, 0.717) is 49.2 Å². The Kier molecular flexibility index (Phi) is 4.26. The molecule has 1 aromatic carbocycles. The van der Waals surface area contributed by atoms with Gasteiger partial charge in [0.15, 0.2) is 11.5 Å². The summed E-state index contributed by atoms with van der Waals surface area (Å²) in [6.07, 6.45) is 1.73. The number of carboxylic acids is 1. The van der Waals surface area contributed by atoms with Gasteiger partial charge in [-0.1, -0.05) is 18.9 Å². The third kappa shape index (κ3) is 2.90. The number of aliphatic hydroxyl groups excluding tert-OH is 1. The molecule has 2 heterocycles. The van der Waals surface area contributed by atoms with Crippen LogP contribution in [0.2, 0.25) is 0 Å². The maximum Gasteiger partial charge on any atom is 0.314 e. The van der Waals surface area contributed by atoms with Crippen LogP contribution in [0.5, 0.6) is 11.5 Å². The summed E-state index contributed by atoms with van der Waals surface area (Å²) in [5.41, 5.74) is -0.911. The van der Waals surface area contributed by atoms with E-state index in [-0.39, 0.29) is 18.9 Å². The van der Waals surface area contributed by atoms with Crippen LogP contribution in [0.25, 0.3) is 0 Å². The Morgan fingerprint density at radius 2 is 1.96 bits per heavy atom. The minimum atomic E-state index is -1.29. The van der Waals surface area contributed by atoms with E-state index in [4.69, 9.17) is 9.47 Å². The summed E-state index contributed by atoms with van der Waals surface area (Å²) in [5.74, 6) is -0.0265. The van der Waals surface area contributed by atoms with Crippen LogP contribution in [-0.2, 0) is 4.79 Å². The van der Waals surface area contributed by atoms with Gasteiger partial charge in [-0.15, -0.1) is 0 Å². The summed E-state index contributed by atoms with van der Waals surface area (Å²) in [6.45, 7) is 1.15. The summed E-state index contributed by atoms with van der Waals surface area (Å²) < 4.78 is 11.2. The number of benzene rings is 1. The highest BCUT2D eigenvalue weighted by molar-refractivity contribution is 5.98. The molecular weight excluding hydrogens is 338 g/mol. The van der Waals surface area contributed by atoms with Crippen LogP contribution in [0.4, 0.5) is 0 Å². The Labute approximate surface area is 151 Å². The van der Waals surface area contributed by atoms with Crippen molar-refractivity contribution in [2.45, 2.75) is 31.8 Å². The largest absolute Gasteiger partial charge is 0.486 e. The van der Waals surface area contributed by atoms with E-state index in [1.165, 1.54) is 4.90 Å².